The molecule has 21 heavy (non-hydrogen) atoms. The highest BCUT2D eigenvalue weighted by molar-refractivity contribution is 5.91. The van der Waals surface area contributed by atoms with Gasteiger partial charge in [-0.25, -0.2) is 9.97 Å². The van der Waals surface area contributed by atoms with Gasteiger partial charge in [0, 0.05) is 19.3 Å². The second-order valence-corrected chi connectivity index (χ2v) is 5.47. The monoisotopic (exact) mass is 288 g/mol. The summed E-state index contributed by atoms with van der Waals surface area (Å²) >= 11 is 0. The number of hydrogen-bond acceptors (Lipinski definition) is 5. The van der Waals surface area contributed by atoms with Gasteiger partial charge < -0.3 is 14.6 Å². The summed E-state index contributed by atoms with van der Waals surface area (Å²) in [4.78, 5) is 25.6. The lowest BCUT2D eigenvalue weighted by Gasteiger charge is -2.18. The number of rotatable bonds is 4. The molecule has 1 N–H and O–H groups in total. The maximum Gasteiger partial charge on any atom is 0.305 e. The fourth-order valence-corrected chi connectivity index (χ4v) is 3.04. The predicted molar refractivity (Wildman–Crippen MR) is 80.2 cm³/mol. The lowest BCUT2D eigenvalue weighted by atomic mass is 10.1. The quantitative estimate of drug-likeness (QED) is 0.870. The summed E-state index contributed by atoms with van der Waals surface area (Å²) < 4.78 is 4.76. The number of nitrogens with one attached hydrogen (secondary N) is 1. The topological polar surface area (TPSA) is 71.1 Å². The van der Waals surface area contributed by atoms with Gasteiger partial charge in [-0.05, 0) is 24.3 Å². The zero-order chi connectivity index (χ0) is 14.8. The van der Waals surface area contributed by atoms with E-state index in [2.05, 4.69) is 26.8 Å². The van der Waals surface area contributed by atoms with E-state index in [1.807, 2.05) is 6.20 Å². The summed E-state index contributed by atoms with van der Waals surface area (Å²) in [6, 6.07) is 0. The molecule has 0 saturated carbocycles. The highest BCUT2D eigenvalue weighted by Gasteiger charge is 2.27. The summed E-state index contributed by atoms with van der Waals surface area (Å²) in [7, 11) is 1.44. The Bertz CT molecular complexity index is 652. The van der Waals surface area contributed by atoms with Crippen LogP contribution in [-0.4, -0.2) is 41.1 Å². The Labute approximate surface area is 123 Å². The molecule has 1 unspecified atom stereocenters. The van der Waals surface area contributed by atoms with E-state index < -0.39 is 0 Å². The third-order valence-corrected chi connectivity index (χ3v) is 4.18. The number of carbonyl (C=O) groups excluding carboxylic acids is 1. The first-order valence-electron chi connectivity index (χ1n) is 7.35. The van der Waals surface area contributed by atoms with Crippen molar-refractivity contribution in [2.75, 3.05) is 25.1 Å². The number of nitrogens with zero attached hydrogens (tertiary/aromatic N) is 3. The lowest BCUT2D eigenvalue weighted by molar-refractivity contribution is -0.141. The van der Waals surface area contributed by atoms with Crippen molar-refractivity contribution in [1.82, 2.24) is 15.0 Å². The summed E-state index contributed by atoms with van der Waals surface area (Å²) in [6.45, 7) is 3.89. The van der Waals surface area contributed by atoms with Crippen LogP contribution >= 0.6 is 0 Å². The van der Waals surface area contributed by atoms with Gasteiger partial charge >= 0.3 is 5.97 Å². The van der Waals surface area contributed by atoms with Crippen molar-refractivity contribution in [2.24, 2.45) is 5.92 Å². The van der Waals surface area contributed by atoms with Crippen molar-refractivity contribution in [3.05, 3.63) is 18.1 Å². The highest BCUT2D eigenvalue weighted by atomic mass is 16.5. The summed E-state index contributed by atoms with van der Waals surface area (Å²) in [5, 5.41) is 1.11. The second kappa shape index (κ2) is 5.71. The van der Waals surface area contributed by atoms with Crippen molar-refractivity contribution >= 4 is 22.8 Å². The van der Waals surface area contributed by atoms with E-state index in [0.29, 0.717) is 12.3 Å². The van der Waals surface area contributed by atoms with E-state index in [0.717, 1.165) is 42.8 Å². The van der Waals surface area contributed by atoms with E-state index in [4.69, 9.17) is 4.74 Å². The van der Waals surface area contributed by atoms with Gasteiger partial charge in [0.15, 0.2) is 0 Å². The van der Waals surface area contributed by atoms with Gasteiger partial charge in [0.05, 0.1) is 18.9 Å². The number of aromatic amines is 1. The van der Waals surface area contributed by atoms with Gasteiger partial charge in [-0.15, -0.1) is 0 Å². The molecule has 112 valence electrons. The summed E-state index contributed by atoms with van der Waals surface area (Å²) in [5.41, 5.74) is 2.12. The molecule has 0 aliphatic carbocycles. The Kier molecular flexibility index (Phi) is 3.77. The third kappa shape index (κ3) is 2.57. The molecule has 0 aromatic carbocycles. The smallest absolute Gasteiger partial charge is 0.305 e. The lowest BCUT2D eigenvalue weighted by Crippen LogP contribution is -2.22. The van der Waals surface area contributed by atoms with Crippen molar-refractivity contribution in [2.45, 2.75) is 26.2 Å². The molecule has 0 amide bonds. The van der Waals surface area contributed by atoms with Crippen LogP contribution in [0.1, 0.15) is 25.3 Å². The second-order valence-electron chi connectivity index (χ2n) is 5.47. The number of esters is 1. The van der Waals surface area contributed by atoms with Crippen molar-refractivity contribution in [3.63, 3.8) is 0 Å². The molecule has 0 bridgehead atoms. The maximum absolute atomic E-state index is 11.4. The Morgan fingerprint density at radius 2 is 2.38 bits per heavy atom. The van der Waals surface area contributed by atoms with Crippen LogP contribution in [0.15, 0.2) is 12.5 Å². The van der Waals surface area contributed by atoms with Crippen LogP contribution in [-0.2, 0) is 16.0 Å². The average molecular weight is 288 g/mol. The van der Waals surface area contributed by atoms with Gasteiger partial charge in [-0.3, -0.25) is 4.79 Å². The zero-order valence-corrected chi connectivity index (χ0v) is 12.4. The minimum Gasteiger partial charge on any atom is -0.469 e. The Morgan fingerprint density at radius 1 is 1.52 bits per heavy atom. The number of aromatic nitrogens is 3. The number of H-pyrrole nitrogens is 1. The standard InChI is InChI=1S/C15H20N4O2/c1-3-11-7-16-14-13(11)15(18-9-17-14)19-5-4-10(8-19)6-12(20)21-2/h7,9-10H,3-6,8H2,1-2H3,(H,16,17,18). The molecule has 1 fully saturated rings. The van der Waals surface area contributed by atoms with Crippen LogP contribution in [0.25, 0.3) is 11.0 Å². The third-order valence-electron chi connectivity index (χ3n) is 4.18. The van der Waals surface area contributed by atoms with E-state index in [1.54, 1.807) is 6.33 Å². The molecule has 2 aromatic rings. The molecule has 2 aromatic heterocycles. The van der Waals surface area contributed by atoms with Gasteiger partial charge in [0.1, 0.15) is 17.8 Å². The van der Waals surface area contributed by atoms with E-state index >= 15 is 0 Å². The van der Waals surface area contributed by atoms with Gasteiger partial charge in [0.25, 0.3) is 0 Å². The fraction of sp³-hybridized carbons (Fsp3) is 0.533. The summed E-state index contributed by atoms with van der Waals surface area (Å²) in [5.74, 6) is 1.18. The van der Waals surface area contributed by atoms with Gasteiger partial charge in [0.2, 0.25) is 0 Å². The molecular weight excluding hydrogens is 268 g/mol. The van der Waals surface area contributed by atoms with E-state index in [9.17, 15) is 4.79 Å². The number of carbonyl (C=O) groups is 1. The van der Waals surface area contributed by atoms with Crippen LogP contribution in [0, 0.1) is 5.92 Å². The Morgan fingerprint density at radius 3 is 3.14 bits per heavy atom. The first kappa shape index (κ1) is 13.9. The summed E-state index contributed by atoms with van der Waals surface area (Å²) in [6.07, 6.45) is 6.02. The highest BCUT2D eigenvalue weighted by Crippen LogP contribution is 2.31. The molecule has 6 heteroatoms. The maximum atomic E-state index is 11.4. The van der Waals surface area contributed by atoms with Crippen LogP contribution < -0.4 is 4.90 Å². The predicted octanol–water partition coefficient (Wildman–Crippen LogP) is 1.91. The number of aryl methyl sites for hydroxylation is 1. The normalized spacial score (nSPS) is 18.4. The molecule has 3 heterocycles. The van der Waals surface area contributed by atoms with Crippen LogP contribution in [0.4, 0.5) is 5.82 Å². The average Bonchev–Trinajstić information content (AvgIpc) is 3.13. The molecule has 1 aliphatic heterocycles. The fourth-order valence-electron chi connectivity index (χ4n) is 3.04. The van der Waals surface area contributed by atoms with Crippen LogP contribution in [0.3, 0.4) is 0 Å². The molecule has 0 radical (unpaired) electrons. The molecule has 1 atom stereocenters. The molecule has 0 spiro atoms. The molecular formula is C15H20N4O2. The minimum atomic E-state index is -0.134. The number of hydrogen-bond donors (Lipinski definition) is 1. The first-order valence-corrected chi connectivity index (χ1v) is 7.35. The van der Waals surface area contributed by atoms with Crippen LogP contribution in [0.2, 0.25) is 0 Å². The van der Waals surface area contributed by atoms with Crippen molar-refractivity contribution in [3.8, 4) is 0 Å². The largest absolute Gasteiger partial charge is 0.469 e. The zero-order valence-electron chi connectivity index (χ0n) is 12.4. The number of ether oxygens (including phenoxy) is 1. The van der Waals surface area contributed by atoms with Gasteiger partial charge in [-0.1, -0.05) is 6.92 Å². The van der Waals surface area contributed by atoms with E-state index in [-0.39, 0.29) is 5.97 Å². The Hall–Kier alpha value is -2.11. The SMILES string of the molecule is CCc1c[nH]c2ncnc(N3CCC(CC(=O)OC)C3)c12. The molecule has 6 nitrogen and oxygen atoms in total. The first-order chi connectivity index (χ1) is 10.2. The molecule has 1 aliphatic rings. The van der Waals surface area contributed by atoms with Crippen molar-refractivity contribution in [1.29, 1.82) is 0 Å². The van der Waals surface area contributed by atoms with Crippen LogP contribution in [0.5, 0.6) is 0 Å². The minimum absolute atomic E-state index is 0.134. The van der Waals surface area contributed by atoms with E-state index in [1.165, 1.54) is 12.7 Å². The Balaban J connectivity index is 1.85. The van der Waals surface area contributed by atoms with Gasteiger partial charge in [-0.2, -0.15) is 0 Å². The number of methoxy groups -OCH3 is 1. The molecule has 1 saturated heterocycles. The van der Waals surface area contributed by atoms with Crippen molar-refractivity contribution < 1.29 is 9.53 Å². The number of anilines is 1. The number of fused-ring (bicyclic) bond motifs is 1. The molecule has 3 rings (SSSR count).